The molecule has 3 heteroatoms. The maximum atomic E-state index is 11.8. The molecule has 0 radical (unpaired) electrons. The van der Waals surface area contributed by atoms with Crippen molar-refractivity contribution in [3.63, 3.8) is 0 Å². The maximum absolute atomic E-state index is 11.8. The van der Waals surface area contributed by atoms with Crippen LogP contribution in [0.1, 0.15) is 26.7 Å². The fraction of sp³-hybridized carbons (Fsp3) is 0.545. The number of rotatable bonds is 0. The van der Waals surface area contributed by atoms with Crippen LogP contribution < -0.4 is 0 Å². The molecule has 0 aromatic heterocycles. The molecule has 0 spiro atoms. The van der Waals surface area contributed by atoms with Crippen LogP contribution in [0.2, 0.25) is 0 Å². The molecular weight excluding hydrogens is 200 g/mol. The van der Waals surface area contributed by atoms with E-state index in [0.29, 0.717) is 18.2 Å². The van der Waals surface area contributed by atoms with Crippen LogP contribution in [-0.4, -0.2) is 12.4 Å². The number of allylic oxidation sites excluding steroid dienone is 2. The second-order valence-electron chi connectivity index (χ2n) is 4.70. The predicted molar refractivity (Wildman–Crippen MR) is 54.9 cm³/mol. The summed E-state index contributed by atoms with van der Waals surface area (Å²) >= 11 is 5.73. The summed E-state index contributed by atoms with van der Waals surface area (Å²) in [5.74, 6) is 0.192. The maximum Gasteiger partial charge on any atom is 0.187 e. The summed E-state index contributed by atoms with van der Waals surface area (Å²) in [5.41, 5.74) is 1.94. The van der Waals surface area contributed by atoms with Gasteiger partial charge in [0, 0.05) is 18.1 Å². The Morgan fingerprint density at radius 2 is 2.14 bits per heavy atom. The molecule has 0 atom stereocenters. The van der Waals surface area contributed by atoms with E-state index in [1.807, 2.05) is 0 Å². The second-order valence-corrected chi connectivity index (χ2v) is 5.07. The van der Waals surface area contributed by atoms with Crippen molar-refractivity contribution in [1.82, 2.24) is 0 Å². The van der Waals surface area contributed by atoms with Gasteiger partial charge in [-0.2, -0.15) is 0 Å². The Labute approximate surface area is 88.6 Å². The van der Waals surface area contributed by atoms with Gasteiger partial charge in [0.1, 0.15) is 6.61 Å². The number of hydrogen-bond donors (Lipinski definition) is 0. The van der Waals surface area contributed by atoms with Crippen LogP contribution in [0.25, 0.3) is 0 Å². The van der Waals surface area contributed by atoms with Crippen LogP contribution in [0.5, 0.6) is 0 Å². The highest BCUT2D eigenvalue weighted by Crippen LogP contribution is 2.39. The average Bonchev–Trinajstić information content (AvgIpc) is 2.05. The van der Waals surface area contributed by atoms with Crippen molar-refractivity contribution in [2.45, 2.75) is 26.7 Å². The fourth-order valence-corrected chi connectivity index (χ4v) is 2.25. The summed E-state index contributed by atoms with van der Waals surface area (Å²) < 4.78 is 5.21. The summed E-state index contributed by atoms with van der Waals surface area (Å²) in [6, 6.07) is 0. The number of carbonyl (C=O) groups excluding carboxylic acids is 1. The van der Waals surface area contributed by atoms with Gasteiger partial charge in [0.05, 0.1) is 0 Å². The van der Waals surface area contributed by atoms with Crippen molar-refractivity contribution in [3.05, 3.63) is 22.4 Å². The lowest BCUT2D eigenvalue weighted by atomic mass is 9.73. The molecule has 1 aliphatic carbocycles. The molecule has 0 amide bonds. The van der Waals surface area contributed by atoms with Gasteiger partial charge in [-0.15, -0.1) is 0 Å². The molecule has 76 valence electrons. The Morgan fingerprint density at radius 1 is 1.43 bits per heavy atom. The molecule has 1 aliphatic heterocycles. The monoisotopic (exact) mass is 212 g/mol. The number of Topliss-reactive ketones (excluding diaryl/α,β-unsaturated/α-hetero) is 1. The number of halogens is 1. The van der Waals surface area contributed by atoms with Gasteiger partial charge >= 0.3 is 0 Å². The van der Waals surface area contributed by atoms with E-state index in [9.17, 15) is 4.79 Å². The zero-order valence-electron chi connectivity index (χ0n) is 8.39. The summed E-state index contributed by atoms with van der Waals surface area (Å²) in [7, 11) is 0. The highest BCUT2D eigenvalue weighted by molar-refractivity contribution is 6.29. The molecule has 14 heavy (non-hydrogen) atoms. The first kappa shape index (κ1) is 9.78. The first-order valence-corrected chi connectivity index (χ1v) is 5.11. The molecule has 0 bridgehead atoms. The first-order chi connectivity index (χ1) is 6.48. The lowest BCUT2D eigenvalue weighted by Gasteiger charge is -2.32. The largest absolute Gasteiger partial charge is 0.478 e. The first-order valence-electron chi connectivity index (χ1n) is 4.73. The smallest absolute Gasteiger partial charge is 0.187 e. The third-order valence-corrected chi connectivity index (χ3v) is 2.87. The topological polar surface area (TPSA) is 26.3 Å². The Hall–Kier alpha value is -0.760. The minimum Gasteiger partial charge on any atom is -0.478 e. The third kappa shape index (κ3) is 1.71. The van der Waals surface area contributed by atoms with E-state index >= 15 is 0 Å². The van der Waals surface area contributed by atoms with Gasteiger partial charge in [-0.05, 0) is 29.0 Å². The summed E-state index contributed by atoms with van der Waals surface area (Å²) in [4.78, 5) is 11.8. The van der Waals surface area contributed by atoms with E-state index in [1.54, 1.807) is 6.08 Å². The zero-order valence-corrected chi connectivity index (χ0v) is 9.15. The van der Waals surface area contributed by atoms with Crippen LogP contribution in [0.15, 0.2) is 22.4 Å². The number of hydrogen-bond acceptors (Lipinski definition) is 2. The van der Waals surface area contributed by atoms with Gasteiger partial charge < -0.3 is 4.74 Å². The molecule has 2 aliphatic rings. The van der Waals surface area contributed by atoms with Crippen LogP contribution in [0.4, 0.5) is 0 Å². The highest BCUT2D eigenvalue weighted by atomic mass is 35.5. The molecule has 2 nitrogen and oxygen atoms in total. The quantitative estimate of drug-likeness (QED) is 0.617. The van der Waals surface area contributed by atoms with E-state index in [-0.39, 0.29) is 11.2 Å². The van der Waals surface area contributed by atoms with Gasteiger partial charge in [0.15, 0.2) is 11.0 Å². The van der Waals surface area contributed by atoms with E-state index < -0.39 is 0 Å². The number of ketones is 1. The molecule has 0 unspecified atom stereocenters. The van der Waals surface area contributed by atoms with Crippen molar-refractivity contribution in [3.8, 4) is 0 Å². The van der Waals surface area contributed by atoms with Gasteiger partial charge in [-0.3, -0.25) is 4.79 Å². The number of carbonyl (C=O) groups is 1. The average molecular weight is 213 g/mol. The molecule has 2 rings (SSSR count). The van der Waals surface area contributed by atoms with Crippen LogP contribution in [-0.2, 0) is 9.53 Å². The third-order valence-electron chi connectivity index (χ3n) is 2.65. The zero-order chi connectivity index (χ0) is 10.3. The Kier molecular flexibility index (Phi) is 2.18. The van der Waals surface area contributed by atoms with Crippen LogP contribution >= 0.6 is 11.6 Å². The Balaban J connectivity index is 2.38. The molecule has 0 aromatic carbocycles. The Bertz CT molecular complexity index is 350. The second kappa shape index (κ2) is 3.13. The van der Waals surface area contributed by atoms with E-state index in [2.05, 4.69) is 13.8 Å². The van der Waals surface area contributed by atoms with E-state index in [0.717, 1.165) is 17.6 Å². The van der Waals surface area contributed by atoms with E-state index in [4.69, 9.17) is 16.3 Å². The fourth-order valence-electron chi connectivity index (χ4n) is 2.08. The van der Waals surface area contributed by atoms with Gasteiger partial charge in [-0.1, -0.05) is 13.8 Å². The summed E-state index contributed by atoms with van der Waals surface area (Å²) in [5, 5.41) is 0.330. The lowest BCUT2D eigenvalue weighted by Crippen LogP contribution is -2.28. The lowest BCUT2D eigenvalue weighted by molar-refractivity contribution is -0.118. The Morgan fingerprint density at radius 3 is 2.86 bits per heavy atom. The molecular formula is C11H13ClO2. The molecule has 0 N–H and O–H groups in total. The highest BCUT2D eigenvalue weighted by Gasteiger charge is 2.33. The van der Waals surface area contributed by atoms with Crippen molar-refractivity contribution < 1.29 is 9.53 Å². The molecule has 0 fully saturated rings. The van der Waals surface area contributed by atoms with Crippen molar-refractivity contribution in [2.24, 2.45) is 5.41 Å². The van der Waals surface area contributed by atoms with Gasteiger partial charge in [0.2, 0.25) is 0 Å². The molecule has 0 saturated carbocycles. The van der Waals surface area contributed by atoms with Crippen LogP contribution in [0.3, 0.4) is 0 Å². The normalized spacial score (nSPS) is 25.4. The molecule has 0 saturated heterocycles. The van der Waals surface area contributed by atoms with Crippen molar-refractivity contribution in [2.75, 3.05) is 6.61 Å². The van der Waals surface area contributed by atoms with Crippen LogP contribution in [0, 0.1) is 5.41 Å². The van der Waals surface area contributed by atoms with Gasteiger partial charge in [0.25, 0.3) is 0 Å². The standard InChI is InChI=1S/C11H13ClO2/c1-11(2)4-7-6-14-10(12)3-8(7)9(13)5-11/h3H,4-6H2,1-2H3. The molecule has 0 aromatic rings. The van der Waals surface area contributed by atoms with Crippen molar-refractivity contribution >= 4 is 17.4 Å². The van der Waals surface area contributed by atoms with E-state index in [1.165, 1.54) is 0 Å². The van der Waals surface area contributed by atoms with Gasteiger partial charge in [-0.25, -0.2) is 0 Å². The SMILES string of the molecule is CC1(C)CC(=O)C2=C(COC(Cl)=C2)C1. The molecule has 1 heterocycles. The van der Waals surface area contributed by atoms with Crippen molar-refractivity contribution in [1.29, 1.82) is 0 Å². The predicted octanol–water partition coefficient (Wildman–Crippen LogP) is 2.78. The summed E-state index contributed by atoms with van der Waals surface area (Å²) in [6.07, 6.45) is 3.18. The summed E-state index contributed by atoms with van der Waals surface area (Å²) in [6.45, 7) is 4.68. The number of ether oxygens (including phenoxy) is 1. The minimum absolute atomic E-state index is 0.0664. The minimum atomic E-state index is 0.0664.